The molecule has 0 atom stereocenters. The van der Waals surface area contributed by atoms with Crippen molar-refractivity contribution in [3.8, 4) is 0 Å². The molecule has 1 N–H and O–H groups in total. The Morgan fingerprint density at radius 3 is 2.41 bits per heavy atom. The van der Waals surface area contributed by atoms with Crippen molar-refractivity contribution < 1.29 is 22.4 Å². The van der Waals surface area contributed by atoms with Crippen molar-refractivity contribution in [2.75, 3.05) is 26.2 Å². The third-order valence-corrected chi connectivity index (χ3v) is 6.61. The number of hydrogen-bond acceptors (Lipinski definition) is 5. The van der Waals surface area contributed by atoms with Crippen LogP contribution in [-0.4, -0.2) is 56.2 Å². The molecule has 0 unspecified atom stereocenters. The number of piperazine rings is 1. The van der Waals surface area contributed by atoms with E-state index in [4.69, 9.17) is 4.42 Å². The van der Waals surface area contributed by atoms with Gasteiger partial charge in [0.25, 0.3) is 5.91 Å². The Hall–Kier alpha value is -2.65. The number of hydrogen-bond donors (Lipinski definition) is 1. The van der Waals surface area contributed by atoms with Crippen molar-refractivity contribution in [3.63, 3.8) is 0 Å². The smallest absolute Gasteiger partial charge is 0.254 e. The van der Waals surface area contributed by atoms with Gasteiger partial charge in [-0.3, -0.25) is 9.59 Å². The van der Waals surface area contributed by atoms with Gasteiger partial charge in [0.15, 0.2) is 0 Å². The summed E-state index contributed by atoms with van der Waals surface area (Å²) in [4.78, 5) is 28.5. The summed E-state index contributed by atoms with van der Waals surface area (Å²) in [6, 6.07) is 9.36. The van der Waals surface area contributed by atoms with Gasteiger partial charge in [-0.25, -0.2) is 13.1 Å². The monoisotopic (exact) mass is 417 g/mol. The van der Waals surface area contributed by atoms with Crippen LogP contribution in [0.3, 0.4) is 0 Å². The molecule has 1 aliphatic heterocycles. The second kappa shape index (κ2) is 8.00. The lowest BCUT2D eigenvalue weighted by Gasteiger charge is -2.35. The highest BCUT2D eigenvalue weighted by Gasteiger charge is 2.35. The van der Waals surface area contributed by atoms with Crippen LogP contribution in [0.25, 0.3) is 0 Å². The van der Waals surface area contributed by atoms with Crippen molar-refractivity contribution in [2.45, 2.75) is 24.3 Å². The van der Waals surface area contributed by atoms with Gasteiger partial charge in [-0.2, -0.15) is 0 Å². The Bertz CT molecular complexity index is 991. The molecule has 2 fully saturated rings. The Kier molecular flexibility index (Phi) is 5.42. The van der Waals surface area contributed by atoms with Crippen molar-refractivity contribution >= 4 is 21.8 Å². The van der Waals surface area contributed by atoms with Crippen molar-refractivity contribution in [2.24, 2.45) is 5.92 Å². The van der Waals surface area contributed by atoms with Crippen LogP contribution in [0, 0.1) is 5.92 Å². The third kappa shape index (κ3) is 4.51. The van der Waals surface area contributed by atoms with E-state index in [-0.39, 0.29) is 29.2 Å². The zero-order valence-corrected chi connectivity index (χ0v) is 16.7. The van der Waals surface area contributed by atoms with E-state index in [0.717, 1.165) is 12.8 Å². The van der Waals surface area contributed by atoms with Crippen molar-refractivity contribution in [1.29, 1.82) is 0 Å². The zero-order chi connectivity index (χ0) is 20.4. The number of furan rings is 1. The summed E-state index contributed by atoms with van der Waals surface area (Å²) < 4.78 is 32.7. The molecule has 4 rings (SSSR count). The fourth-order valence-electron chi connectivity index (χ4n) is 3.36. The Morgan fingerprint density at radius 1 is 1.03 bits per heavy atom. The zero-order valence-electron chi connectivity index (χ0n) is 15.9. The van der Waals surface area contributed by atoms with Crippen LogP contribution >= 0.6 is 0 Å². The first-order valence-corrected chi connectivity index (χ1v) is 11.1. The molecule has 154 valence electrons. The van der Waals surface area contributed by atoms with Crippen LogP contribution in [0.4, 0.5) is 0 Å². The predicted octanol–water partition coefficient (Wildman–Crippen LogP) is 1.45. The van der Waals surface area contributed by atoms with Gasteiger partial charge in [-0.1, -0.05) is 6.07 Å². The van der Waals surface area contributed by atoms with E-state index >= 15 is 0 Å². The normalized spacial score (nSPS) is 17.4. The molecule has 0 spiro atoms. The lowest BCUT2D eigenvalue weighted by molar-refractivity contribution is -0.134. The lowest BCUT2D eigenvalue weighted by atomic mass is 10.1. The van der Waals surface area contributed by atoms with E-state index in [2.05, 4.69) is 4.72 Å². The molecule has 1 aliphatic carbocycles. The maximum Gasteiger partial charge on any atom is 0.254 e. The van der Waals surface area contributed by atoms with Crippen molar-refractivity contribution in [1.82, 2.24) is 14.5 Å². The quantitative estimate of drug-likeness (QED) is 0.767. The van der Waals surface area contributed by atoms with Gasteiger partial charge in [-0.05, 0) is 43.2 Å². The molecule has 2 amide bonds. The highest BCUT2D eigenvalue weighted by atomic mass is 32.2. The molecule has 2 aromatic rings. The molecular formula is C20H23N3O5S. The fourth-order valence-corrected chi connectivity index (χ4v) is 4.40. The molecule has 1 aromatic heterocycles. The highest BCUT2D eigenvalue weighted by Crippen LogP contribution is 2.31. The molecule has 8 nitrogen and oxygen atoms in total. The first-order valence-electron chi connectivity index (χ1n) is 9.64. The fraction of sp³-hybridized carbons (Fsp3) is 0.400. The van der Waals surface area contributed by atoms with Gasteiger partial charge < -0.3 is 14.2 Å². The lowest BCUT2D eigenvalue weighted by Crippen LogP contribution is -2.51. The summed E-state index contributed by atoms with van der Waals surface area (Å²) in [6.07, 6.45) is 3.40. The minimum absolute atomic E-state index is 0.0254. The van der Waals surface area contributed by atoms with E-state index in [1.807, 2.05) is 4.90 Å². The second-order valence-corrected chi connectivity index (χ2v) is 9.09. The standard InChI is InChI=1S/C20H23N3O5S/c24-19(15-6-7-15)22-8-10-23(11-9-22)20(25)16-3-1-5-18(13-16)29(26,27)21-14-17-4-2-12-28-17/h1-5,12-13,15,21H,6-11,14H2. The average Bonchev–Trinajstić information content (AvgIpc) is 3.47. The van der Waals surface area contributed by atoms with Crippen LogP contribution in [-0.2, 0) is 21.4 Å². The van der Waals surface area contributed by atoms with Gasteiger partial charge in [0.05, 0.1) is 17.7 Å². The van der Waals surface area contributed by atoms with Gasteiger partial charge in [-0.15, -0.1) is 0 Å². The summed E-state index contributed by atoms with van der Waals surface area (Å²) >= 11 is 0. The predicted molar refractivity (Wildman–Crippen MR) is 104 cm³/mol. The van der Waals surface area contributed by atoms with Crippen LogP contribution < -0.4 is 4.72 Å². The van der Waals surface area contributed by atoms with E-state index in [0.29, 0.717) is 37.5 Å². The van der Waals surface area contributed by atoms with Gasteiger partial charge in [0, 0.05) is 37.7 Å². The second-order valence-electron chi connectivity index (χ2n) is 7.32. The van der Waals surface area contributed by atoms with Crippen LogP contribution in [0.5, 0.6) is 0 Å². The maximum absolute atomic E-state index is 12.8. The molecule has 1 aromatic carbocycles. The molecule has 29 heavy (non-hydrogen) atoms. The molecule has 2 heterocycles. The first kappa shape index (κ1) is 19.7. The van der Waals surface area contributed by atoms with Crippen molar-refractivity contribution in [3.05, 3.63) is 54.0 Å². The number of rotatable bonds is 6. The molecule has 0 bridgehead atoms. The minimum atomic E-state index is -3.78. The number of nitrogens with zero attached hydrogens (tertiary/aromatic N) is 2. The van der Waals surface area contributed by atoms with Gasteiger partial charge >= 0.3 is 0 Å². The third-order valence-electron chi connectivity index (χ3n) is 5.21. The summed E-state index contributed by atoms with van der Waals surface area (Å²) in [5, 5.41) is 0. The van der Waals surface area contributed by atoms with Gasteiger partial charge in [0.1, 0.15) is 5.76 Å². The molecule has 1 saturated heterocycles. The summed E-state index contributed by atoms with van der Waals surface area (Å²) in [5.74, 6) is 0.631. The number of amides is 2. The number of carbonyl (C=O) groups is 2. The molecule has 1 saturated carbocycles. The number of sulfonamides is 1. The Morgan fingerprint density at radius 2 is 1.76 bits per heavy atom. The number of nitrogens with one attached hydrogen (secondary N) is 1. The number of carbonyl (C=O) groups excluding carboxylic acids is 2. The molecular weight excluding hydrogens is 394 g/mol. The maximum atomic E-state index is 12.8. The van der Waals surface area contributed by atoms with Crippen LogP contribution in [0.1, 0.15) is 29.0 Å². The highest BCUT2D eigenvalue weighted by molar-refractivity contribution is 7.89. The summed E-state index contributed by atoms with van der Waals surface area (Å²) in [7, 11) is -3.78. The van der Waals surface area contributed by atoms with Gasteiger partial charge in [0.2, 0.25) is 15.9 Å². The molecule has 0 radical (unpaired) electrons. The SMILES string of the molecule is O=C(c1cccc(S(=O)(=O)NCc2ccco2)c1)N1CCN(C(=O)C2CC2)CC1. The van der Waals surface area contributed by atoms with E-state index in [9.17, 15) is 18.0 Å². The number of benzene rings is 1. The Balaban J connectivity index is 1.40. The topological polar surface area (TPSA) is 99.9 Å². The summed E-state index contributed by atoms with van der Waals surface area (Å²) in [6.45, 7) is 1.97. The molecule has 2 aliphatic rings. The largest absolute Gasteiger partial charge is 0.468 e. The molecule has 9 heteroatoms. The minimum Gasteiger partial charge on any atom is -0.468 e. The van der Waals surface area contributed by atoms with E-state index in [1.165, 1.54) is 18.4 Å². The summed E-state index contributed by atoms with van der Waals surface area (Å²) in [5.41, 5.74) is 0.313. The average molecular weight is 417 g/mol. The van der Waals surface area contributed by atoms with Crippen LogP contribution in [0.15, 0.2) is 52.0 Å². The van der Waals surface area contributed by atoms with E-state index in [1.54, 1.807) is 29.2 Å². The van der Waals surface area contributed by atoms with E-state index < -0.39 is 10.0 Å². The van der Waals surface area contributed by atoms with Crippen LogP contribution in [0.2, 0.25) is 0 Å². The first-order chi connectivity index (χ1) is 13.9. The Labute approximate surface area is 169 Å².